The van der Waals surface area contributed by atoms with Crippen molar-refractivity contribution in [1.82, 2.24) is 4.90 Å². The number of hydrogen-bond acceptors (Lipinski definition) is 5. The van der Waals surface area contributed by atoms with Gasteiger partial charge in [0.15, 0.2) is 12.4 Å². The van der Waals surface area contributed by atoms with Crippen LogP contribution < -0.4 is 0 Å². The molecule has 1 aromatic heterocycles. The van der Waals surface area contributed by atoms with Crippen LogP contribution in [0.15, 0.2) is 47.1 Å². The average Bonchev–Trinajstić information content (AvgIpc) is 3.24. The molecular weight excluding hydrogens is 329 g/mol. The molecule has 1 saturated heterocycles. The highest BCUT2D eigenvalue weighted by Gasteiger charge is 2.35. The van der Waals surface area contributed by atoms with Crippen molar-refractivity contribution < 1.29 is 27.9 Å². The summed E-state index contributed by atoms with van der Waals surface area (Å²) in [6, 6.07) is 8.46. The van der Waals surface area contributed by atoms with E-state index in [1.54, 1.807) is 12.1 Å². The molecule has 0 aliphatic carbocycles. The van der Waals surface area contributed by atoms with Gasteiger partial charge in [-0.25, -0.2) is 4.39 Å². The summed E-state index contributed by atoms with van der Waals surface area (Å²) in [6.07, 6.45) is 1.56. The lowest BCUT2D eigenvalue weighted by Gasteiger charge is -2.14. The van der Waals surface area contributed by atoms with Crippen LogP contribution in [-0.2, 0) is 20.9 Å². The first-order valence-electron chi connectivity index (χ1n) is 7.78. The Kier molecular flexibility index (Phi) is 4.92. The number of Topliss-reactive ketones (excluding diaryl/α,β-unsaturated/α-hetero) is 1. The maximum absolute atomic E-state index is 12.8. The summed E-state index contributed by atoms with van der Waals surface area (Å²) < 4.78 is 23.1. The molecule has 1 amide bonds. The highest BCUT2D eigenvalue weighted by atomic mass is 19.1. The number of furan rings is 1. The first-order valence-corrected chi connectivity index (χ1v) is 7.78. The number of amides is 1. The van der Waals surface area contributed by atoms with Crippen molar-refractivity contribution in [3.05, 3.63) is 59.8 Å². The molecule has 1 aliphatic heterocycles. The molecule has 2 heterocycles. The van der Waals surface area contributed by atoms with E-state index in [-0.39, 0.29) is 24.4 Å². The number of halogens is 1. The van der Waals surface area contributed by atoms with E-state index < -0.39 is 30.1 Å². The zero-order valence-corrected chi connectivity index (χ0v) is 13.3. The van der Waals surface area contributed by atoms with Crippen LogP contribution in [0.25, 0.3) is 0 Å². The van der Waals surface area contributed by atoms with Gasteiger partial charge >= 0.3 is 5.97 Å². The van der Waals surface area contributed by atoms with Crippen LogP contribution in [0, 0.1) is 11.7 Å². The summed E-state index contributed by atoms with van der Waals surface area (Å²) in [5.74, 6) is -1.61. The lowest BCUT2D eigenvalue weighted by atomic mass is 10.1. The molecule has 3 rings (SSSR count). The highest BCUT2D eigenvalue weighted by molar-refractivity contribution is 5.98. The summed E-state index contributed by atoms with van der Waals surface area (Å²) >= 11 is 0. The molecule has 2 aromatic rings. The van der Waals surface area contributed by atoms with Crippen molar-refractivity contribution in [2.75, 3.05) is 13.2 Å². The number of nitrogens with zero attached hydrogens (tertiary/aromatic N) is 1. The third kappa shape index (κ3) is 4.12. The SMILES string of the molecule is O=C(COC(=O)[C@H]1CC(=O)N(Cc2ccco2)C1)c1ccc(F)cc1. The quantitative estimate of drug-likeness (QED) is 0.592. The topological polar surface area (TPSA) is 76.8 Å². The van der Waals surface area contributed by atoms with Gasteiger partial charge in [0.25, 0.3) is 0 Å². The van der Waals surface area contributed by atoms with E-state index in [2.05, 4.69) is 0 Å². The molecule has 0 radical (unpaired) electrons. The van der Waals surface area contributed by atoms with Crippen molar-refractivity contribution in [2.45, 2.75) is 13.0 Å². The van der Waals surface area contributed by atoms with Crippen molar-refractivity contribution in [3.63, 3.8) is 0 Å². The Morgan fingerprint density at radius 1 is 1.24 bits per heavy atom. The molecule has 0 spiro atoms. The molecule has 7 heteroatoms. The number of esters is 1. The molecular formula is C18H16FNO5. The minimum atomic E-state index is -0.608. The Morgan fingerprint density at radius 3 is 2.68 bits per heavy atom. The van der Waals surface area contributed by atoms with Crippen molar-refractivity contribution >= 4 is 17.7 Å². The van der Waals surface area contributed by atoms with Crippen molar-refractivity contribution in [2.24, 2.45) is 5.92 Å². The van der Waals surface area contributed by atoms with E-state index in [0.717, 1.165) is 12.1 Å². The smallest absolute Gasteiger partial charge is 0.311 e. The van der Waals surface area contributed by atoms with Crippen LogP contribution in [0.4, 0.5) is 4.39 Å². The van der Waals surface area contributed by atoms with Gasteiger partial charge < -0.3 is 14.1 Å². The molecule has 0 N–H and O–H groups in total. The first kappa shape index (κ1) is 16.9. The Bertz CT molecular complexity index is 769. The maximum atomic E-state index is 12.8. The van der Waals surface area contributed by atoms with E-state index in [1.807, 2.05) is 0 Å². The van der Waals surface area contributed by atoms with Crippen LogP contribution in [0.5, 0.6) is 0 Å². The molecule has 25 heavy (non-hydrogen) atoms. The minimum Gasteiger partial charge on any atom is -0.467 e. The fraction of sp³-hybridized carbons (Fsp3) is 0.278. The van der Waals surface area contributed by atoms with Gasteiger partial charge in [-0.15, -0.1) is 0 Å². The van der Waals surface area contributed by atoms with Gasteiger partial charge in [0, 0.05) is 18.5 Å². The third-order valence-electron chi connectivity index (χ3n) is 3.99. The number of ketones is 1. The van der Waals surface area contributed by atoms with Crippen molar-refractivity contribution in [3.8, 4) is 0 Å². The molecule has 0 unspecified atom stereocenters. The molecule has 6 nitrogen and oxygen atoms in total. The number of benzene rings is 1. The van der Waals surface area contributed by atoms with E-state index in [4.69, 9.17) is 9.15 Å². The zero-order chi connectivity index (χ0) is 17.8. The van der Waals surface area contributed by atoms with E-state index in [0.29, 0.717) is 12.3 Å². The number of likely N-dealkylation sites (tertiary alicyclic amines) is 1. The Hall–Kier alpha value is -2.96. The summed E-state index contributed by atoms with van der Waals surface area (Å²) in [6.45, 7) is 0.0839. The molecule has 130 valence electrons. The van der Waals surface area contributed by atoms with Gasteiger partial charge in [-0.2, -0.15) is 0 Å². The molecule has 1 atom stereocenters. The van der Waals surface area contributed by atoms with Gasteiger partial charge in [-0.1, -0.05) is 0 Å². The lowest BCUT2D eigenvalue weighted by Crippen LogP contribution is -2.27. The number of carbonyl (C=O) groups is 3. The highest BCUT2D eigenvalue weighted by Crippen LogP contribution is 2.21. The maximum Gasteiger partial charge on any atom is 0.311 e. The van der Waals surface area contributed by atoms with E-state index in [9.17, 15) is 18.8 Å². The predicted octanol–water partition coefficient (Wildman–Crippen LogP) is 2.19. The minimum absolute atomic E-state index is 0.0459. The van der Waals surface area contributed by atoms with Crippen LogP contribution in [0.1, 0.15) is 22.5 Å². The van der Waals surface area contributed by atoms with Crippen LogP contribution >= 0.6 is 0 Å². The molecule has 0 saturated carbocycles. The standard InChI is InChI=1S/C18H16FNO5/c19-14-5-3-12(4-6-14)16(21)11-25-18(23)13-8-17(22)20(9-13)10-15-2-1-7-24-15/h1-7,13H,8-11H2/t13-/m0/s1. The second-order valence-electron chi connectivity index (χ2n) is 5.79. The van der Waals surface area contributed by atoms with Gasteiger partial charge in [-0.05, 0) is 36.4 Å². The van der Waals surface area contributed by atoms with Crippen LogP contribution in [0.2, 0.25) is 0 Å². The molecule has 1 aliphatic rings. The van der Waals surface area contributed by atoms with Crippen LogP contribution in [-0.4, -0.2) is 35.7 Å². The number of hydrogen-bond donors (Lipinski definition) is 0. The lowest BCUT2D eigenvalue weighted by molar-refractivity contribution is -0.147. The van der Waals surface area contributed by atoms with Gasteiger partial charge in [0.05, 0.1) is 18.7 Å². The summed E-state index contributed by atoms with van der Waals surface area (Å²) in [5, 5.41) is 0. The monoisotopic (exact) mass is 345 g/mol. The molecule has 1 fully saturated rings. The fourth-order valence-electron chi connectivity index (χ4n) is 2.65. The Morgan fingerprint density at radius 2 is 2.00 bits per heavy atom. The van der Waals surface area contributed by atoms with E-state index in [1.165, 1.54) is 23.3 Å². The number of ether oxygens (including phenoxy) is 1. The molecule has 1 aromatic carbocycles. The summed E-state index contributed by atoms with van der Waals surface area (Å²) in [4.78, 5) is 37.5. The summed E-state index contributed by atoms with van der Waals surface area (Å²) in [5.41, 5.74) is 0.260. The van der Waals surface area contributed by atoms with Gasteiger partial charge in [0.1, 0.15) is 11.6 Å². The first-order chi connectivity index (χ1) is 12.0. The largest absolute Gasteiger partial charge is 0.467 e. The van der Waals surface area contributed by atoms with Gasteiger partial charge in [0.2, 0.25) is 5.91 Å². The zero-order valence-electron chi connectivity index (χ0n) is 13.3. The number of carbonyl (C=O) groups excluding carboxylic acids is 3. The average molecular weight is 345 g/mol. The predicted molar refractivity (Wildman–Crippen MR) is 83.9 cm³/mol. The summed E-state index contributed by atoms with van der Waals surface area (Å²) in [7, 11) is 0. The van der Waals surface area contributed by atoms with Gasteiger partial charge in [-0.3, -0.25) is 14.4 Å². The second-order valence-corrected chi connectivity index (χ2v) is 5.79. The fourth-order valence-corrected chi connectivity index (χ4v) is 2.65. The molecule has 0 bridgehead atoms. The van der Waals surface area contributed by atoms with Crippen LogP contribution in [0.3, 0.4) is 0 Å². The number of rotatable bonds is 6. The van der Waals surface area contributed by atoms with Crippen molar-refractivity contribution in [1.29, 1.82) is 0 Å². The Balaban J connectivity index is 1.51. The Labute approximate surface area is 143 Å². The second kappa shape index (κ2) is 7.29. The van der Waals surface area contributed by atoms with E-state index >= 15 is 0 Å². The third-order valence-corrected chi connectivity index (χ3v) is 3.99. The normalized spacial score (nSPS) is 16.9.